The summed E-state index contributed by atoms with van der Waals surface area (Å²) in [7, 11) is 0. The molecule has 1 aliphatic heterocycles. The number of hydroxylamine groups is 2. The Morgan fingerprint density at radius 2 is 2.47 bits per heavy atom. The summed E-state index contributed by atoms with van der Waals surface area (Å²) >= 11 is 1.14. The number of carbonyl (C=O) groups is 1. The zero-order valence-corrected chi connectivity index (χ0v) is 8.82. The molecule has 1 fully saturated rings. The highest BCUT2D eigenvalue weighted by molar-refractivity contribution is 7.13. The molecular formula is C8H10N2O4S. The monoisotopic (exact) mass is 230 g/mol. The number of nitrogens with zero attached hydrogens (tertiary/aromatic N) is 2. The van der Waals surface area contributed by atoms with Crippen molar-refractivity contribution >= 4 is 17.4 Å². The molecule has 1 amide bonds. The fraction of sp³-hybridized carbons (Fsp3) is 0.500. The first kappa shape index (κ1) is 10.2. The lowest BCUT2D eigenvalue weighted by Crippen LogP contribution is -2.27. The molecule has 0 aromatic carbocycles. The molecule has 0 bridgehead atoms. The maximum atomic E-state index is 10.8. The quantitative estimate of drug-likeness (QED) is 0.764. The molecule has 1 aromatic rings. The van der Waals surface area contributed by atoms with Crippen LogP contribution < -0.4 is 0 Å². The van der Waals surface area contributed by atoms with Crippen molar-refractivity contribution < 1.29 is 19.8 Å². The van der Waals surface area contributed by atoms with Crippen LogP contribution in [0.1, 0.15) is 23.2 Å². The van der Waals surface area contributed by atoms with E-state index in [4.69, 9.17) is 9.94 Å². The fourth-order valence-corrected chi connectivity index (χ4v) is 2.27. The van der Waals surface area contributed by atoms with Crippen LogP contribution in [0.5, 0.6) is 5.06 Å². The van der Waals surface area contributed by atoms with E-state index in [1.54, 1.807) is 6.92 Å². The maximum absolute atomic E-state index is 10.8. The van der Waals surface area contributed by atoms with Gasteiger partial charge in [-0.2, -0.15) is 5.06 Å². The highest BCUT2D eigenvalue weighted by Crippen LogP contribution is 2.37. The number of rotatable bonds is 1. The lowest BCUT2D eigenvalue weighted by atomic mass is 10.2. The third kappa shape index (κ3) is 1.75. The van der Waals surface area contributed by atoms with Crippen LogP contribution in [-0.4, -0.2) is 33.0 Å². The number of thiazole rings is 1. The maximum Gasteiger partial charge on any atom is 0.432 e. The van der Waals surface area contributed by atoms with Crippen molar-refractivity contribution in [1.82, 2.24) is 10.0 Å². The predicted molar refractivity (Wildman–Crippen MR) is 51.7 cm³/mol. The third-order valence-corrected chi connectivity index (χ3v) is 2.94. The Balaban J connectivity index is 2.30. The molecule has 82 valence electrons. The third-order valence-electron chi connectivity index (χ3n) is 2.15. The molecule has 2 rings (SSSR count). The standard InChI is InChI=1S/C8H10N2O4S/c1-4-9-6(7(11)15-4)5-2-3-14-10(5)8(12)13/h5,11H,2-3H2,1H3,(H,12,13). The zero-order valence-electron chi connectivity index (χ0n) is 8.01. The van der Waals surface area contributed by atoms with E-state index in [0.29, 0.717) is 23.7 Å². The summed E-state index contributed by atoms with van der Waals surface area (Å²) in [4.78, 5) is 19.8. The van der Waals surface area contributed by atoms with Gasteiger partial charge in [0.2, 0.25) is 0 Å². The van der Waals surface area contributed by atoms with Crippen LogP contribution in [-0.2, 0) is 4.84 Å². The van der Waals surface area contributed by atoms with Gasteiger partial charge >= 0.3 is 6.09 Å². The molecule has 1 saturated heterocycles. The van der Waals surface area contributed by atoms with Gasteiger partial charge in [0.25, 0.3) is 0 Å². The summed E-state index contributed by atoms with van der Waals surface area (Å²) in [6.45, 7) is 2.09. The van der Waals surface area contributed by atoms with Crippen molar-refractivity contribution in [3.05, 3.63) is 10.7 Å². The second kappa shape index (κ2) is 3.67. The SMILES string of the molecule is Cc1nc(C2CCON2C(=O)O)c(O)s1. The number of hydrogen-bond donors (Lipinski definition) is 2. The lowest BCUT2D eigenvalue weighted by Gasteiger charge is -2.17. The van der Waals surface area contributed by atoms with Crippen LogP contribution in [0.15, 0.2) is 0 Å². The van der Waals surface area contributed by atoms with Gasteiger partial charge in [-0.25, -0.2) is 9.78 Å². The van der Waals surface area contributed by atoms with E-state index in [0.717, 1.165) is 16.4 Å². The van der Waals surface area contributed by atoms with Gasteiger partial charge in [0.1, 0.15) is 11.7 Å². The number of carboxylic acid groups (broad SMARTS) is 1. The lowest BCUT2D eigenvalue weighted by molar-refractivity contribution is -0.104. The number of aromatic nitrogens is 1. The summed E-state index contributed by atoms with van der Waals surface area (Å²) in [6, 6.07) is -0.493. The van der Waals surface area contributed by atoms with E-state index < -0.39 is 12.1 Å². The summed E-state index contributed by atoms with van der Waals surface area (Å²) in [6.07, 6.45) is -0.647. The van der Waals surface area contributed by atoms with Gasteiger partial charge in [-0.15, -0.1) is 0 Å². The molecule has 15 heavy (non-hydrogen) atoms. The molecule has 1 aliphatic rings. The number of aryl methyl sites for hydroxylation is 1. The normalized spacial score (nSPS) is 20.9. The van der Waals surface area contributed by atoms with Gasteiger partial charge in [-0.3, -0.25) is 4.84 Å². The average Bonchev–Trinajstić information content (AvgIpc) is 2.71. The molecule has 0 radical (unpaired) electrons. The molecular weight excluding hydrogens is 220 g/mol. The molecule has 6 nitrogen and oxygen atoms in total. The van der Waals surface area contributed by atoms with Crippen molar-refractivity contribution in [1.29, 1.82) is 0 Å². The van der Waals surface area contributed by atoms with Crippen molar-refractivity contribution in [3.63, 3.8) is 0 Å². The van der Waals surface area contributed by atoms with Crippen molar-refractivity contribution in [2.24, 2.45) is 0 Å². The van der Waals surface area contributed by atoms with Crippen molar-refractivity contribution in [3.8, 4) is 5.06 Å². The average molecular weight is 230 g/mol. The van der Waals surface area contributed by atoms with Crippen molar-refractivity contribution in [2.75, 3.05) is 6.61 Å². The topological polar surface area (TPSA) is 82.9 Å². The number of hydrogen-bond acceptors (Lipinski definition) is 5. The van der Waals surface area contributed by atoms with Gasteiger partial charge in [-0.05, 0) is 6.92 Å². The van der Waals surface area contributed by atoms with Crippen LogP contribution in [0.4, 0.5) is 4.79 Å². The largest absolute Gasteiger partial charge is 0.498 e. The summed E-state index contributed by atoms with van der Waals surface area (Å²) in [5.41, 5.74) is 0.386. The Labute approximate surface area is 89.7 Å². The van der Waals surface area contributed by atoms with Gasteiger partial charge in [0, 0.05) is 6.42 Å². The Morgan fingerprint density at radius 3 is 3.00 bits per heavy atom. The molecule has 1 aromatic heterocycles. The van der Waals surface area contributed by atoms with Crippen LogP contribution >= 0.6 is 11.3 Å². The highest BCUT2D eigenvalue weighted by Gasteiger charge is 2.35. The van der Waals surface area contributed by atoms with Crippen molar-refractivity contribution in [2.45, 2.75) is 19.4 Å². The summed E-state index contributed by atoms with van der Waals surface area (Å²) < 4.78 is 0. The molecule has 2 heterocycles. The Hall–Kier alpha value is -1.34. The zero-order chi connectivity index (χ0) is 11.0. The first-order valence-corrected chi connectivity index (χ1v) is 5.22. The van der Waals surface area contributed by atoms with E-state index >= 15 is 0 Å². The van der Waals surface area contributed by atoms with Crippen LogP contribution in [0.3, 0.4) is 0 Å². The molecule has 0 saturated carbocycles. The van der Waals surface area contributed by atoms with E-state index in [2.05, 4.69) is 4.98 Å². The molecule has 2 N–H and O–H groups in total. The van der Waals surface area contributed by atoms with Gasteiger partial charge in [0.05, 0.1) is 11.6 Å². The van der Waals surface area contributed by atoms with E-state index in [-0.39, 0.29) is 5.06 Å². The van der Waals surface area contributed by atoms with E-state index in [1.165, 1.54) is 0 Å². The molecule has 1 unspecified atom stereocenters. The second-order valence-electron chi connectivity index (χ2n) is 3.17. The Morgan fingerprint density at radius 1 is 1.73 bits per heavy atom. The fourth-order valence-electron chi connectivity index (χ4n) is 1.56. The minimum Gasteiger partial charge on any atom is -0.498 e. The molecule has 0 spiro atoms. The minimum absolute atomic E-state index is 0.0641. The van der Waals surface area contributed by atoms with Gasteiger partial charge in [-0.1, -0.05) is 11.3 Å². The second-order valence-corrected chi connectivity index (χ2v) is 4.35. The smallest absolute Gasteiger partial charge is 0.432 e. The number of amides is 1. The highest BCUT2D eigenvalue weighted by atomic mass is 32.1. The first-order chi connectivity index (χ1) is 7.09. The Bertz CT molecular complexity index is 392. The Kier molecular flexibility index (Phi) is 2.49. The first-order valence-electron chi connectivity index (χ1n) is 4.41. The van der Waals surface area contributed by atoms with E-state index in [1.807, 2.05) is 0 Å². The van der Waals surface area contributed by atoms with E-state index in [9.17, 15) is 9.90 Å². The summed E-state index contributed by atoms with van der Waals surface area (Å²) in [5, 5.41) is 20.0. The minimum atomic E-state index is -1.16. The molecule has 7 heteroatoms. The van der Waals surface area contributed by atoms with Gasteiger partial charge < -0.3 is 10.2 Å². The molecule has 0 aliphatic carbocycles. The molecule has 1 atom stereocenters. The summed E-state index contributed by atoms with van der Waals surface area (Å²) in [5.74, 6) is 0. The van der Waals surface area contributed by atoms with Crippen LogP contribution in [0.25, 0.3) is 0 Å². The van der Waals surface area contributed by atoms with Gasteiger partial charge in [0.15, 0.2) is 5.06 Å². The predicted octanol–water partition coefficient (Wildman–Crippen LogP) is 1.51. The van der Waals surface area contributed by atoms with Crippen LogP contribution in [0, 0.1) is 6.92 Å². The number of aromatic hydroxyl groups is 1. The van der Waals surface area contributed by atoms with Crippen LogP contribution in [0.2, 0.25) is 0 Å².